The Bertz CT molecular complexity index is 500. The van der Waals surface area contributed by atoms with Crippen molar-refractivity contribution in [3.63, 3.8) is 0 Å². The first-order chi connectivity index (χ1) is 10.1. The van der Waals surface area contributed by atoms with Crippen LogP contribution in [-0.4, -0.2) is 18.0 Å². The zero-order valence-corrected chi connectivity index (χ0v) is 13.4. The highest BCUT2D eigenvalue weighted by Gasteiger charge is 2.72. The van der Waals surface area contributed by atoms with Crippen LogP contribution in [0.5, 0.6) is 0 Å². The first-order valence-electron chi connectivity index (χ1n) is 9.25. The van der Waals surface area contributed by atoms with Crippen LogP contribution in [0, 0.1) is 34.5 Å². The molecule has 1 aliphatic heterocycles. The van der Waals surface area contributed by atoms with E-state index in [9.17, 15) is 4.79 Å². The van der Waals surface area contributed by atoms with E-state index in [1.807, 2.05) is 0 Å². The molecule has 5 aliphatic rings. The molecule has 0 bridgehead atoms. The van der Waals surface area contributed by atoms with Gasteiger partial charge in [-0.1, -0.05) is 26.7 Å². The largest absolute Gasteiger partial charge is 0.361 e. The fourth-order valence-electron chi connectivity index (χ4n) is 7.37. The molecule has 0 radical (unpaired) electrons. The summed E-state index contributed by atoms with van der Waals surface area (Å²) in [5, 5.41) is 0. The summed E-state index contributed by atoms with van der Waals surface area (Å²) in [5.74, 6) is 3.60. The summed E-state index contributed by atoms with van der Waals surface area (Å²) in [5.41, 5.74) is 0.533. The lowest BCUT2D eigenvalue weighted by Crippen LogP contribution is -2.54. The van der Waals surface area contributed by atoms with Crippen LogP contribution in [0.3, 0.4) is 0 Å². The molecule has 0 amide bonds. The fraction of sp³-hybridized carbons (Fsp3) is 0.947. The van der Waals surface area contributed by atoms with Gasteiger partial charge in [-0.2, -0.15) is 0 Å². The van der Waals surface area contributed by atoms with Gasteiger partial charge in [-0.05, 0) is 61.7 Å². The molecule has 4 saturated carbocycles. The number of carbonyl (C=O) groups is 1. The second kappa shape index (κ2) is 3.93. The number of rotatable bonds is 0. The Morgan fingerprint density at radius 1 is 1.05 bits per heavy atom. The van der Waals surface area contributed by atoms with Crippen molar-refractivity contribution in [1.29, 1.82) is 0 Å². The molecule has 0 aromatic heterocycles. The highest BCUT2D eigenvalue weighted by Crippen LogP contribution is 2.68. The van der Waals surface area contributed by atoms with Crippen molar-refractivity contribution in [2.45, 2.75) is 77.4 Å². The van der Waals surface area contributed by atoms with Crippen LogP contribution in [0.15, 0.2) is 0 Å². The van der Waals surface area contributed by atoms with E-state index in [-0.39, 0.29) is 11.5 Å². The van der Waals surface area contributed by atoms with Crippen LogP contribution in [-0.2, 0) is 9.53 Å². The number of ketones is 1. The standard InChI is InChI=1S/C19H28O2/c1-18-9-4-3-5-11(18)6-7-12-13(18)8-10-19(2)14(12)15-16(21-15)17(19)20/h11-16H,3-10H2,1-2H3/t11-,12+,13-,14-,15+,16+,18+,19+/m1/s1. The molecule has 2 nitrogen and oxygen atoms in total. The molecule has 0 unspecified atom stereocenters. The van der Waals surface area contributed by atoms with Gasteiger partial charge in [0.15, 0.2) is 5.78 Å². The summed E-state index contributed by atoms with van der Waals surface area (Å²) in [6.07, 6.45) is 11.3. The molecule has 1 saturated heterocycles. The van der Waals surface area contributed by atoms with E-state index in [4.69, 9.17) is 4.74 Å². The first kappa shape index (κ1) is 13.1. The van der Waals surface area contributed by atoms with E-state index < -0.39 is 0 Å². The summed E-state index contributed by atoms with van der Waals surface area (Å²) in [7, 11) is 0. The Morgan fingerprint density at radius 2 is 1.90 bits per heavy atom. The van der Waals surface area contributed by atoms with E-state index in [1.54, 1.807) is 0 Å². The SMILES string of the molecule is C[C@]12CCCC[C@@H]1CC[C@@H]1[C@@H]3[C@@H]4O[C@@H]4C(=O)[C@@]3(C)CC[C@H]12. The Morgan fingerprint density at radius 3 is 2.76 bits per heavy atom. The second-order valence-corrected chi connectivity index (χ2v) is 9.16. The Hall–Kier alpha value is -0.370. The smallest absolute Gasteiger partial charge is 0.170 e. The molecule has 0 aromatic rings. The maximum atomic E-state index is 12.6. The lowest BCUT2D eigenvalue weighted by Gasteiger charge is -2.59. The van der Waals surface area contributed by atoms with Crippen LogP contribution < -0.4 is 0 Å². The van der Waals surface area contributed by atoms with Crippen molar-refractivity contribution in [3.05, 3.63) is 0 Å². The highest BCUT2D eigenvalue weighted by atomic mass is 16.6. The lowest BCUT2D eigenvalue weighted by atomic mass is 9.45. The summed E-state index contributed by atoms with van der Waals surface area (Å²) in [4.78, 5) is 12.6. The zero-order chi connectivity index (χ0) is 14.4. The van der Waals surface area contributed by atoms with Crippen molar-refractivity contribution in [2.24, 2.45) is 34.5 Å². The average molecular weight is 288 g/mol. The molecule has 0 N–H and O–H groups in total. The molecule has 8 atom stereocenters. The van der Waals surface area contributed by atoms with Gasteiger partial charge >= 0.3 is 0 Å². The first-order valence-corrected chi connectivity index (χ1v) is 9.25. The van der Waals surface area contributed by atoms with Gasteiger partial charge in [0.25, 0.3) is 0 Å². The van der Waals surface area contributed by atoms with Gasteiger partial charge in [-0.3, -0.25) is 4.79 Å². The third-order valence-corrected chi connectivity index (χ3v) is 8.54. The van der Waals surface area contributed by atoms with Gasteiger partial charge < -0.3 is 4.74 Å². The predicted octanol–water partition coefficient (Wildman–Crippen LogP) is 3.98. The molecule has 1 heterocycles. The number of hydrogen-bond donors (Lipinski definition) is 0. The number of Topliss-reactive ketones (excluding diaryl/α,β-unsaturated/α-hetero) is 1. The molecular weight excluding hydrogens is 260 g/mol. The second-order valence-electron chi connectivity index (χ2n) is 9.16. The predicted molar refractivity (Wildman–Crippen MR) is 80.8 cm³/mol. The summed E-state index contributed by atoms with van der Waals surface area (Å²) < 4.78 is 5.77. The number of ether oxygens (including phenoxy) is 1. The Balaban J connectivity index is 1.52. The van der Waals surface area contributed by atoms with Crippen molar-refractivity contribution in [3.8, 4) is 0 Å². The van der Waals surface area contributed by atoms with Gasteiger partial charge in [0.05, 0.1) is 6.10 Å². The van der Waals surface area contributed by atoms with Crippen LogP contribution >= 0.6 is 0 Å². The van der Waals surface area contributed by atoms with E-state index >= 15 is 0 Å². The summed E-state index contributed by atoms with van der Waals surface area (Å²) >= 11 is 0. The molecule has 116 valence electrons. The fourth-order valence-corrected chi connectivity index (χ4v) is 7.37. The van der Waals surface area contributed by atoms with Crippen molar-refractivity contribution >= 4 is 5.78 Å². The normalized spacial score (nSPS) is 61.5. The van der Waals surface area contributed by atoms with E-state index in [1.165, 1.54) is 44.9 Å². The quantitative estimate of drug-likeness (QED) is 0.631. The summed E-state index contributed by atoms with van der Waals surface area (Å²) in [6, 6.07) is 0. The monoisotopic (exact) mass is 288 g/mol. The molecule has 4 aliphatic carbocycles. The third-order valence-electron chi connectivity index (χ3n) is 8.54. The molecule has 2 heteroatoms. The minimum atomic E-state index is -0.0351. The van der Waals surface area contributed by atoms with Crippen LogP contribution in [0.25, 0.3) is 0 Å². The highest BCUT2D eigenvalue weighted by molar-refractivity contribution is 5.94. The van der Waals surface area contributed by atoms with Crippen LogP contribution in [0.1, 0.15) is 65.2 Å². The minimum absolute atomic E-state index is 0.00404. The van der Waals surface area contributed by atoms with Gasteiger partial charge in [0.2, 0.25) is 0 Å². The minimum Gasteiger partial charge on any atom is -0.361 e. The third kappa shape index (κ3) is 1.46. The van der Waals surface area contributed by atoms with Crippen LogP contribution in [0.2, 0.25) is 0 Å². The van der Waals surface area contributed by atoms with Gasteiger partial charge in [0.1, 0.15) is 6.10 Å². The maximum Gasteiger partial charge on any atom is 0.170 e. The number of epoxide rings is 1. The average Bonchev–Trinajstić information content (AvgIpc) is 3.21. The van der Waals surface area contributed by atoms with Crippen molar-refractivity contribution in [1.82, 2.24) is 0 Å². The van der Waals surface area contributed by atoms with Crippen molar-refractivity contribution in [2.75, 3.05) is 0 Å². The van der Waals surface area contributed by atoms with E-state index in [0.717, 1.165) is 24.2 Å². The number of hydrogen-bond acceptors (Lipinski definition) is 2. The topological polar surface area (TPSA) is 29.6 Å². The van der Waals surface area contributed by atoms with Crippen molar-refractivity contribution < 1.29 is 9.53 Å². The van der Waals surface area contributed by atoms with Gasteiger partial charge in [-0.15, -0.1) is 0 Å². The Labute approximate surface area is 128 Å². The maximum absolute atomic E-state index is 12.6. The Kier molecular flexibility index (Phi) is 2.45. The molecule has 0 aromatic carbocycles. The molecule has 21 heavy (non-hydrogen) atoms. The molecule has 0 spiro atoms. The molecule has 5 rings (SSSR count). The number of fused-ring (bicyclic) bond motifs is 7. The van der Waals surface area contributed by atoms with Crippen LogP contribution in [0.4, 0.5) is 0 Å². The van der Waals surface area contributed by atoms with Gasteiger partial charge in [0, 0.05) is 11.3 Å². The number of carbonyl (C=O) groups excluding carboxylic acids is 1. The summed E-state index contributed by atoms with van der Waals surface area (Å²) in [6.45, 7) is 4.86. The van der Waals surface area contributed by atoms with E-state index in [0.29, 0.717) is 23.2 Å². The molecule has 5 fully saturated rings. The van der Waals surface area contributed by atoms with E-state index in [2.05, 4.69) is 13.8 Å². The zero-order valence-electron chi connectivity index (χ0n) is 13.4. The molecular formula is C19H28O2. The van der Waals surface area contributed by atoms with Gasteiger partial charge in [-0.25, -0.2) is 0 Å². The lowest BCUT2D eigenvalue weighted by molar-refractivity contribution is -0.149.